The molecule has 0 fully saturated rings. The van der Waals surface area contributed by atoms with E-state index in [0.717, 1.165) is 32.1 Å². The van der Waals surface area contributed by atoms with Crippen molar-refractivity contribution in [3.05, 3.63) is 35.4 Å². The standard InChI is InChI=1S/C17H30N4/c1-5-6-12-21(4)13-11-19-17(18-3)20-14-16-10-8-7-9-15(16)2/h7-10H,5-6,11-14H2,1-4H3,(H2,18,19,20). The van der Waals surface area contributed by atoms with E-state index in [4.69, 9.17) is 0 Å². The van der Waals surface area contributed by atoms with E-state index in [-0.39, 0.29) is 0 Å². The summed E-state index contributed by atoms with van der Waals surface area (Å²) in [5.74, 6) is 0.863. The van der Waals surface area contributed by atoms with Crippen molar-refractivity contribution in [3.8, 4) is 0 Å². The fourth-order valence-electron chi connectivity index (χ4n) is 2.11. The highest BCUT2D eigenvalue weighted by Crippen LogP contribution is 2.05. The monoisotopic (exact) mass is 290 g/mol. The van der Waals surface area contributed by atoms with E-state index in [0.29, 0.717) is 0 Å². The van der Waals surface area contributed by atoms with Crippen LogP contribution < -0.4 is 10.6 Å². The topological polar surface area (TPSA) is 39.7 Å². The van der Waals surface area contributed by atoms with Gasteiger partial charge in [0.2, 0.25) is 0 Å². The van der Waals surface area contributed by atoms with Crippen LogP contribution in [0.5, 0.6) is 0 Å². The second-order valence-electron chi connectivity index (χ2n) is 5.44. The quantitative estimate of drug-likeness (QED) is 0.570. The van der Waals surface area contributed by atoms with Crippen LogP contribution in [0, 0.1) is 6.92 Å². The molecule has 0 radical (unpaired) electrons. The molecule has 0 amide bonds. The molecule has 0 saturated carbocycles. The molecule has 118 valence electrons. The average Bonchev–Trinajstić information content (AvgIpc) is 2.50. The molecule has 0 saturated heterocycles. The van der Waals surface area contributed by atoms with E-state index in [1.165, 1.54) is 24.0 Å². The molecule has 0 unspecified atom stereocenters. The smallest absolute Gasteiger partial charge is 0.191 e. The number of unbranched alkanes of at least 4 members (excludes halogenated alkanes) is 1. The fraction of sp³-hybridized carbons (Fsp3) is 0.588. The minimum absolute atomic E-state index is 0.804. The molecule has 1 rings (SSSR count). The lowest BCUT2D eigenvalue weighted by Gasteiger charge is -2.18. The number of nitrogens with zero attached hydrogens (tertiary/aromatic N) is 2. The average molecular weight is 290 g/mol. The van der Waals surface area contributed by atoms with Crippen LogP contribution in [0.1, 0.15) is 30.9 Å². The van der Waals surface area contributed by atoms with Crippen molar-refractivity contribution in [1.29, 1.82) is 0 Å². The predicted octanol–water partition coefficient (Wildman–Crippen LogP) is 2.39. The Morgan fingerprint density at radius 3 is 2.62 bits per heavy atom. The van der Waals surface area contributed by atoms with Gasteiger partial charge in [-0.25, -0.2) is 0 Å². The van der Waals surface area contributed by atoms with Crippen molar-refractivity contribution in [2.45, 2.75) is 33.2 Å². The molecule has 0 aromatic heterocycles. The third-order valence-corrected chi connectivity index (χ3v) is 3.61. The number of nitrogens with one attached hydrogen (secondary N) is 2. The summed E-state index contributed by atoms with van der Waals surface area (Å²) in [4.78, 5) is 6.62. The molecule has 0 heterocycles. The van der Waals surface area contributed by atoms with E-state index < -0.39 is 0 Å². The van der Waals surface area contributed by atoms with Crippen LogP contribution in [0.25, 0.3) is 0 Å². The fourth-order valence-corrected chi connectivity index (χ4v) is 2.11. The normalized spacial score (nSPS) is 11.8. The molecule has 4 heteroatoms. The minimum Gasteiger partial charge on any atom is -0.355 e. The molecule has 4 nitrogen and oxygen atoms in total. The highest BCUT2D eigenvalue weighted by Gasteiger charge is 2.01. The van der Waals surface area contributed by atoms with Gasteiger partial charge in [0.15, 0.2) is 5.96 Å². The zero-order chi connectivity index (χ0) is 15.5. The van der Waals surface area contributed by atoms with Crippen molar-refractivity contribution in [2.24, 2.45) is 4.99 Å². The van der Waals surface area contributed by atoms with Crippen LogP contribution in [0.15, 0.2) is 29.3 Å². The van der Waals surface area contributed by atoms with Crippen LogP contribution in [0.2, 0.25) is 0 Å². The van der Waals surface area contributed by atoms with Gasteiger partial charge in [-0.05, 0) is 38.1 Å². The molecule has 1 aromatic rings. The Morgan fingerprint density at radius 1 is 1.19 bits per heavy atom. The second kappa shape index (κ2) is 10.2. The number of hydrogen-bond donors (Lipinski definition) is 2. The van der Waals surface area contributed by atoms with Crippen molar-refractivity contribution >= 4 is 5.96 Å². The molecule has 0 aliphatic carbocycles. The Balaban J connectivity index is 2.28. The Bertz CT molecular complexity index is 429. The molecule has 0 aliphatic heterocycles. The van der Waals surface area contributed by atoms with Crippen LogP contribution in [0.3, 0.4) is 0 Å². The van der Waals surface area contributed by atoms with Gasteiger partial charge in [-0.15, -0.1) is 0 Å². The molecule has 0 bridgehead atoms. The largest absolute Gasteiger partial charge is 0.355 e. The van der Waals surface area contributed by atoms with Gasteiger partial charge in [-0.3, -0.25) is 4.99 Å². The number of hydrogen-bond acceptors (Lipinski definition) is 2. The molecule has 1 aromatic carbocycles. The first kappa shape index (κ1) is 17.5. The third-order valence-electron chi connectivity index (χ3n) is 3.61. The van der Waals surface area contributed by atoms with Crippen LogP contribution in [-0.2, 0) is 6.54 Å². The van der Waals surface area contributed by atoms with Crippen LogP contribution in [-0.4, -0.2) is 44.6 Å². The first-order valence-corrected chi connectivity index (χ1v) is 7.85. The maximum Gasteiger partial charge on any atom is 0.191 e. The second-order valence-corrected chi connectivity index (χ2v) is 5.44. The zero-order valence-corrected chi connectivity index (χ0v) is 13.9. The van der Waals surface area contributed by atoms with E-state index >= 15 is 0 Å². The van der Waals surface area contributed by atoms with E-state index in [1.807, 2.05) is 7.05 Å². The first-order valence-electron chi connectivity index (χ1n) is 7.85. The Kier molecular flexibility index (Phi) is 8.51. The number of rotatable bonds is 8. The first-order chi connectivity index (χ1) is 10.2. The summed E-state index contributed by atoms with van der Waals surface area (Å²) in [6.45, 7) is 8.27. The van der Waals surface area contributed by atoms with Gasteiger partial charge in [0.05, 0.1) is 0 Å². The highest BCUT2D eigenvalue weighted by molar-refractivity contribution is 5.79. The van der Waals surface area contributed by atoms with Gasteiger partial charge < -0.3 is 15.5 Å². The minimum atomic E-state index is 0.804. The summed E-state index contributed by atoms with van der Waals surface area (Å²) < 4.78 is 0. The van der Waals surface area contributed by atoms with Crippen LogP contribution >= 0.6 is 0 Å². The van der Waals surface area contributed by atoms with Crippen LogP contribution in [0.4, 0.5) is 0 Å². The lowest BCUT2D eigenvalue weighted by Crippen LogP contribution is -2.40. The summed E-state index contributed by atoms with van der Waals surface area (Å²) in [6.07, 6.45) is 2.51. The Labute approximate surface area is 129 Å². The third kappa shape index (κ3) is 7.14. The molecular formula is C17H30N4. The predicted molar refractivity (Wildman–Crippen MR) is 91.8 cm³/mol. The van der Waals surface area contributed by atoms with Gasteiger partial charge in [-0.1, -0.05) is 37.6 Å². The zero-order valence-electron chi connectivity index (χ0n) is 13.9. The molecule has 21 heavy (non-hydrogen) atoms. The van der Waals surface area contributed by atoms with Gasteiger partial charge in [0.25, 0.3) is 0 Å². The van der Waals surface area contributed by atoms with E-state index in [2.05, 4.69) is 65.7 Å². The molecule has 2 N–H and O–H groups in total. The number of guanidine groups is 1. The Morgan fingerprint density at radius 2 is 1.95 bits per heavy atom. The molecule has 0 aliphatic rings. The Hall–Kier alpha value is -1.55. The molecular weight excluding hydrogens is 260 g/mol. The summed E-state index contributed by atoms with van der Waals surface area (Å²) >= 11 is 0. The summed E-state index contributed by atoms with van der Waals surface area (Å²) in [7, 11) is 3.98. The molecule has 0 spiro atoms. The van der Waals surface area contributed by atoms with Gasteiger partial charge >= 0.3 is 0 Å². The summed E-state index contributed by atoms with van der Waals surface area (Å²) in [5, 5.41) is 6.73. The number of aryl methyl sites for hydroxylation is 1. The van der Waals surface area contributed by atoms with Gasteiger partial charge in [0, 0.05) is 26.7 Å². The van der Waals surface area contributed by atoms with Gasteiger partial charge in [0.1, 0.15) is 0 Å². The van der Waals surface area contributed by atoms with Crippen molar-refractivity contribution in [1.82, 2.24) is 15.5 Å². The number of likely N-dealkylation sites (N-methyl/N-ethyl adjacent to an activating group) is 1. The maximum absolute atomic E-state index is 4.27. The maximum atomic E-state index is 4.27. The molecule has 0 atom stereocenters. The number of aliphatic imine (C=N–C) groups is 1. The lowest BCUT2D eigenvalue weighted by atomic mass is 10.1. The summed E-state index contributed by atoms with van der Waals surface area (Å²) in [6, 6.07) is 8.42. The van der Waals surface area contributed by atoms with Gasteiger partial charge in [-0.2, -0.15) is 0 Å². The van der Waals surface area contributed by atoms with Crippen molar-refractivity contribution < 1.29 is 0 Å². The van der Waals surface area contributed by atoms with Crippen molar-refractivity contribution in [2.75, 3.05) is 33.7 Å². The number of benzene rings is 1. The van der Waals surface area contributed by atoms with Crippen molar-refractivity contribution in [3.63, 3.8) is 0 Å². The lowest BCUT2D eigenvalue weighted by molar-refractivity contribution is 0.332. The van der Waals surface area contributed by atoms with E-state index in [9.17, 15) is 0 Å². The highest BCUT2D eigenvalue weighted by atomic mass is 15.2. The van der Waals surface area contributed by atoms with E-state index in [1.54, 1.807) is 0 Å². The SMILES string of the molecule is CCCCN(C)CCNC(=NC)NCc1ccccc1C. The summed E-state index contributed by atoms with van der Waals surface area (Å²) in [5.41, 5.74) is 2.61.